The van der Waals surface area contributed by atoms with Crippen LogP contribution in [-0.2, 0) is 15.6 Å². The maximum atomic E-state index is 13.9. The van der Waals surface area contributed by atoms with Crippen molar-refractivity contribution in [2.45, 2.75) is 24.3 Å². The topological polar surface area (TPSA) is 94.1 Å². The Hall–Kier alpha value is -2.36. The average molecular weight is 397 g/mol. The second-order valence-corrected chi connectivity index (χ2v) is 7.96. The smallest absolute Gasteiger partial charge is 0.240 e. The molecule has 0 fully saturated rings. The molecule has 146 valence electrons. The Morgan fingerprint density at radius 1 is 1.22 bits per heavy atom. The van der Waals surface area contributed by atoms with Crippen molar-refractivity contribution in [3.05, 3.63) is 47.8 Å². The third-order valence-corrected chi connectivity index (χ3v) is 5.51. The van der Waals surface area contributed by atoms with E-state index >= 15 is 0 Å². The molecule has 1 heterocycles. The lowest BCUT2D eigenvalue weighted by Gasteiger charge is -2.24. The van der Waals surface area contributed by atoms with Gasteiger partial charge in [0, 0.05) is 6.54 Å². The van der Waals surface area contributed by atoms with E-state index in [-0.39, 0.29) is 30.6 Å². The Labute approximate surface area is 156 Å². The zero-order valence-corrected chi connectivity index (χ0v) is 15.7. The largest absolute Gasteiger partial charge is 0.491 e. The van der Waals surface area contributed by atoms with Gasteiger partial charge >= 0.3 is 0 Å². The number of ether oxygens (including phenoxy) is 3. The van der Waals surface area contributed by atoms with Gasteiger partial charge in [-0.15, -0.1) is 0 Å². The van der Waals surface area contributed by atoms with Crippen molar-refractivity contribution < 1.29 is 32.1 Å². The molecule has 3 rings (SSSR count). The molecule has 0 amide bonds. The molecule has 2 aromatic carbocycles. The Morgan fingerprint density at radius 2 is 1.96 bits per heavy atom. The summed E-state index contributed by atoms with van der Waals surface area (Å²) >= 11 is 0. The van der Waals surface area contributed by atoms with E-state index in [4.69, 9.17) is 14.2 Å². The van der Waals surface area contributed by atoms with Gasteiger partial charge in [0.05, 0.1) is 11.5 Å². The van der Waals surface area contributed by atoms with Crippen molar-refractivity contribution in [3.8, 4) is 17.2 Å². The fourth-order valence-electron chi connectivity index (χ4n) is 2.57. The van der Waals surface area contributed by atoms with E-state index in [1.165, 1.54) is 19.1 Å². The Morgan fingerprint density at radius 3 is 2.67 bits per heavy atom. The number of aliphatic hydroxyl groups is 1. The SMILES string of the molecule is CCOc1ccc(S(=O)(=O)NC[C@@](C)(O)c2ccc3c(c2)OCO3)cc1F. The van der Waals surface area contributed by atoms with Crippen LogP contribution in [0.2, 0.25) is 0 Å². The van der Waals surface area contributed by atoms with Crippen LogP contribution in [0, 0.1) is 5.82 Å². The fourth-order valence-corrected chi connectivity index (χ4v) is 3.72. The van der Waals surface area contributed by atoms with Crippen molar-refractivity contribution in [3.63, 3.8) is 0 Å². The molecule has 2 aromatic rings. The number of hydrogen-bond donors (Lipinski definition) is 2. The van der Waals surface area contributed by atoms with Crippen molar-refractivity contribution in [2.24, 2.45) is 0 Å². The second-order valence-electron chi connectivity index (χ2n) is 6.19. The van der Waals surface area contributed by atoms with Gasteiger partial charge in [0.15, 0.2) is 23.1 Å². The molecule has 0 unspecified atom stereocenters. The Balaban J connectivity index is 1.75. The number of hydrogen-bond acceptors (Lipinski definition) is 6. The van der Waals surface area contributed by atoms with Gasteiger partial charge in [-0.3, -0.25) is 0 Å². The molecule has 7 nitrogen and oxygen atoms in total. The van der Waals surface area contributed by atoms with Gasteiger partial charge in [0.2, 0.25) is 16.8 Å². The number of fused-ring (bicyclic) bond motifs is 1. The summed E-state index contributed by atoms with van der Waals surface area (Å²) in [4.78, 5) is -0.259. The minimum atomic E-state index is -4.03. The van der Waals surface area contributed by atoms with Crippen molar-refractivity contribution in [1.29, 1.82) is 0 Å². The van der Waals surface area contributed by atoms with Crippen molar-refractivity contribution in [2.75, 3.05) is 19.9 Å². The van der Waals surface area contributed by atoms with E-state index in [0.717, 1.165) is 6.07 Å². The summed E-state index contributed by atoms with van der Waals surface area (Å²) in [7, 11) is -4.03. The third-order valence-electron chi connectivity index (χ3n) is 4.11. The van der Waals surface area contributed by atoms with Crippen molar-refractivity contribution >= 4 is 10.0 Å². The Kier molecular flexibility index (Phi) is 5.27. The van der Waals surface area contributed by atoms with Crippen molar-refractivity contribution in [1.82, 2.24) is 4.72 Å². The van der Waals surface area contributed by atoms with Gasteiger partial charge in [-0.2, -0.15) is 0 Å². The molecule has 0 saturated carbocycles. The molecule has 0 aromatic heterocycles. The molecule has 1 atom stereocenters. The maximum Gasteiger partial charge on any atom is 0.240 e. The molecular formula is C18H20FNO6S. The predicted molar refractivity (Wildman–Crippen MR) is 94.9 cm³/mol. The first-order valence-corrected chi connectivity index (χ1v) is 9.76. The average Bonchev–Trinajstić information content (AvgIpc) is 3.10. The van der Waals surface area contributed by atoms with E-state index in [1.807, 2.05) is 0 Å². The highest BCUT2D eigenvalue weighted by Gasteiger charge is 2.28. The number of nitrogens with one attached hydrogen (secondary N) is 1. The fraction of sp³-hybridized carbons (Fsp3) is 0.333. The van der Waals surface area contributed by atoms with E-state index < -0.39 is 21.4 Å². The first-order chi connectivity index (χ1) is 12.7. The standard InChI is InChI=1S/C18H20FNO6S/c1-3-24-15-7-5-13(9-14(15)19)27(22,23)20-10-18(2,21)12-4-6-16-17(8-12)26-11-25-16/h4-9,20-21H,3,10-11H2,1-2H3/t18-/m1/s1. The summed E-state index contributed by atoms with van der Waals surface area (Å²) in [5.41, 5.74) is -1.06. The third kappa shape index (κ3) is 4.15. The molecule has 0 radical (unpaired) electrons. The summed E-state index contributed by atoms with van der Waals surface area (Å²) in [6.45, 7) is 3.20. The number of halogens is 1. The Bertz CT molecular complexity index is 945. The molecule has 0 spiro atoms. The number of rotatable bonds is 7. The van der Waals surface area contributed by atoms with Gasteiger partial charge in [0.1, 0.15) is 5.60 Å². The van der Waals surface area contributed by atoms with Crippen LogP contribution >= 0.6 is 0 Å². The normalized spacial score (nSPS) is 15.4. The summed E-state index contributed by atoms with van der Waals surface area (Å²) in [6, 6.07) is 8.23. The summed E-state index contributed by atoms with van der Waals surface area (Å²) in [5, 5.41) is 10.7. The van der Waals surface area contributed by atoms with E-state index in [0.29, 0.717) is 17.1 Å². The van der Waals surface area contributed by atoms with Gasteiger partial charge in [0.25, 0.3) is 0 Å². The molecule has 0 bridgehead atoms. The molecular weight excluding hydrogens is 377 g/mol. The highest BCUT2D eigenvalue weighted by molar-refractivity contribution is 7.89. The van der Waals surface area contributed by atoms with Gasteiger partial charge in [-0.25, -0.2) is 17.5 Å². The maximum absolute atomic E-state index is 13.9. The van der Waals surface area contributed by atoms with Crippen LogP contribution in [0.5, 0.6) is 17.2 Å². The highest BCUT2D eigenvalue weighted by Crippen LogP contribution is 2.35. The number of benzene rings is 2. The number of sulfonamides is 1. The highest BCUT2D eigenvalue weighted by atomic mass is 32.2. The minimum absolute atomic E-state index is 0.0243. The van der Waals surface area contributed by atoms with E-state index in [2.05, 4.69) is 4.72 Å². The van der Waals surface area contributed by atoms with Crippen LogP contribution in [0.25, 0.3) is 0 Å². The van der Waals surface area contributed by atoms with Gasteiger partial charge < -0.3 is 19.3 Å². The van der Waals surface area contributed by atoms with Crippen LogP contribution in [0.4, 0.5) is 4.39 Å². The quantitative estimate of drug-likeness (QED) is 0.744. The molecule has 27 heavy (non-hydrogen) atoms. The van der Waals surface area contributed by atoms with Gasteiger partial charge in [-0.05, 0) is 49.7 Å². The van der Waals surface area contributed by atoms with Crippen LogP contribution < -0.4 is 18.9 Å². The monoisotopic (exact) mass is 397 g/mol. The summed E-state index contributed by atoms with van der Waals surface area (Å²) < 4.78 is 56.7. The molecule has 9 heteroatoms. The molecule has 1 aliphatic heterocycles. The summed E-state index contributed by atoms with van der Waals surface area (Å²) in [5.74, 6) is 0.232. The van der Waals surface area contributed by atoms with E-state index in [9.17, 15) is 17.9 Å². The van der Waals surface area contributed by atoms with Crippen LogP contribution in [-0.4, -0.2) is 33.5 Å². The predicted octanol–water partition coefficient (Wildman–Crippen LogP) is 2.14. The zero-order chi connectivity index (χ0) is 19.7. The molecule has 0 saturated heterocycles. The lowest BCUT2D eigenvalue weighted by molar-refractivity contribution is 0.0625. The zero-order valence-electron chi connectivity index (χ0n) is 14.9. The van der Waals surface area contributed by atoms with Crippen LogP contribution in [0.15, 0.2) is 41.3 Å². The summed E-state index contributed by atoms with van der Waals surface area (Å²) in [6.07, 6.45) is 0. The molecule has 0 aliphatic carbocycles. The van der Waals surface area contributed by atoms with Crippen LogP contribution in [0.1, 0.15) is 19.4 Å². The lowest BCUT2D eigenvalue weighted by Crippen LogP contribution is -2.38. The minimum Gasteiger partial charge on any atom is -0.491 e. The lowest BCUT2D eigenvalue weighted by atomic mass is 9.96. The van der Waals surface area contributed by atoms with Gasteiger partial charge in [-0.1, -0.05) is 6.07 Å². The molecule has 2 N–H and O–H groups in total. The van der Waals surface area contributed by atoms with E-state index in [1.54, 1.807) is 25.1 Å². The second kappa shape index (κ2) is 7.34. The first kappa shape index (κ1) is 19.4. The first-order valence-electron chi connectivity index (χ1n) is 8.27. The van der Waals surface area contributed by atoms with Crippen LogP contribution in [0.3, 0.4) is 0 Å². The molecule has 1 aliphatic rings.